The van der Waals surface area contributed by atoms with Crippen LogP contribution in [-0.4, -0.2) is 10.9 Å². The normalized spacial score (nSPS) is 10.2. The van der Waals surface area contributed by atoms with Gasteiger partial charge in [-0.3, -0.25) is 4.79 Å². The molecule has 0 radical (unpaired) electrons. The molecule has 6 heteroatoms. The minimum absolute atomic E-state index is 0.0641. The van der Waals surface area contributed by atoms with Crippen molar-refractivity contribution in [3.63, 3.8) is 0 Å². The van der Waals surface area contributed by atoms with Gasteiger partial charge < -0.3 is 5.32 Å². The van der Waals surface area contributed by atoms with Gasteiger partial charge in [0.2, 0.25) is 0 Å². The topological polar surface area (TPSA) is 42.0 Å². The molecule has 1 aromatic heterocycles. The first kappa shape index (κ1) is 13.0. The molecule has 1 heterocycles. The highest BCUT2D eigenvalue weighted by molar-refractivity contribution is 9.10. The third-order valence-electron chi connectivity index (χ3n) is 2.19. The second kappa shape index (κ2) is 5.46. The van der Waals surface area contributed by atoms with E-state index in [1.807, 2.05) is 0 Å². The summed E-state index contributed by atoms with van der Waals surface area (Å²) in [6, 6.07) is 7.50. The van der Waals surface area contributed by atoms with Gasteiger partial charge in [0.25, 0.3) is 5.91 Å². The van der Waals surface area contributed by atoms with Crippen molar-refractivity contribution in [3.05, 3.63) is 57.4 Å². The smallest absolute Gasteiger partial charge is 0.258 e. The Morgan fingerprint density at radius 1 is 1.33 bits per heavy atom. The standard InChI is InChI=1S/C12H7BrClFN2O/c13-8-4-2-6-16-11(8)17-12(18)7-3-1-5-9(15)10(7)14/h1-6H,(H,16,17,18). The molecule has 1 amide bonds. The number of amides is 1. The highest BCUT2D eigenvalue weighted by atomic mass is 79.9. The average Bonchev–Trinajstić information content (AvgIpc) is 2.35. The molecule has 2 rings (SSSR count). The fourth-order valence-corrected chi connectivity index (χ4v) is 1.90. The van der Waals surface area contributed by atoms with E-state index in [2.05, 4.69) is 26.2 Å². The molecule has 2 aromatic rings. The zero-order valence-corrected chi connectivity index (χ0v) is 11.3. The van der Waals surface area contributed by atoms with Crippen molar-refractivity contribution >= 4 is 39.3 Å². The van der Waals surface area contributed by atoms with Crippen molar-refractivity contribution in [1.29, 1.82) is 0 Å². The molecule has 0 aliphatic heterocycles. The van der Waals surface area contributed by atoms with Crippen molar-refractivity contribution in [1.82, 2.24) is 4.98 Å². The van der Waals surface area contributed by atoms with Crippen LogP contribution in [0.5, 0.6) is 0 Å². The summed E-state index contributed by atoms with van der Waals surface area (Å²) in [5, 5.41) is 2.34. The summed E-state index contributed by atoms with van der Waals surface area (Å²) in [7, 11) is 0. The predicted octanol–water partition coefficient (Wildman–Crippen LogP) is 3.89. The largest absolute Gasteiger partial charge is 0.306 e. The van der Waals surface area contributed by atoms with Crippen molar-refractivity contribution < 1.29 is 9.18 Å². The summed E-state index contributed by atoms with van der Waals surface area (Å²) in [5.74, 6) is -0.800. The van der Waals surface area contributed by atoms with Gasteiger partial charge >= 0.3 is 0 Å². The third-order valence-corrected chi connectivity index (χ3v) is 3.21. The number of carbonyl (C=O) groups is 1. The molecule has 0 bridgehead atoms. The van der Waals surface area contributed by atoms with Crippen LogP contribution in [0.3, 0.4) is 0 Å². The molecule has 18 heavy (non-hydrogen) atoms. The van der Waals surface area contributed by atoms with E-state index in [0.29, 0.717) is 10.3 Å². The van der Waals surface area contributed by atoms with Crippen LogP contribution in [-0.2, 0) is 0 Å². The average molecular weight is 330 g/mol. The number of nitrogens with one attached hydrogen (secondary N) is 1. The van der Waals surface area contributed by atoms with Crippen molar-refractivity contribution in [2.24, 2.45) is 0 Å². The Labute approximate surface area is 116 Å². The maximum Gasteiger partial charge on any atom is 0.258 e. The van der Waals surface area contributed by atoms with Crippen LogP contribution in [0.1, 0.15) is 10.4 Å². The van der Waals surface area contributed by atoms with Gasteiger partial charge in [0.1, 0.15) is 11.6 Å². The van der Waals surface area contributed by atoms with Gasteiger partial charge in [0, 0.05) is 6.20 Å². The first-order valence-corrected chi connectivity index (χ1v) is 6.12. The number of anilines is 1. The quantitative estimate of drug-likeness (QED) is 0.908. The Bertz CT molecular complexity index is 606. The molecular formula is C12H7BrClFN2O. The van der Waals surface area contributed by atoms with Crippen LogP contribution in [0.25, 0.3) is 0 Å². The fourth-order valence-electron chi connectivity index (χ4n) is 1.33. The highest BCUT2D eigenvalue weighted by Crippen LogP contribution is 2.23. The van der Waals surface area contributed by atoms with E-state index in [1.54, 1.807) is 12.1 Å². The van der Waals surface area contributed by atoms with E-state index < -0.39 is 11.7 Å². The number of aromatic nitrogens is 1. The molecular weight excluding hydrogens is 322 g/mol. The van der Waals surface area contributed by atoms with Gasteiger partial charge in [-0.05, 0) is 40.2 Å². The number of rotatable bonds is 2. The first-order valence-electron chi connectivity index (χ1n) is 4.95. The molecule has 1 N–H and O–H groups in total. The molecule has 92 valence electrons. The predicted molar refractivity (Wildman–Crippen MR) is 71.3 cm³/mol. The van der Waals surface area contributed by atoms with Crippen molar-refractivity contribution in [2.45, 2.75) is 0 Å². The number of hydrogen-bond acceptors (Lipinski definition) is 2. The number of nitrogens with zero attached hydrogens (tertiary/aromatic N) is 1. The van der Waals surface area contributed by atoms with Gasteiger partial charge in [-0.1, -0.05) is 17.7 Å². The van der Waals surface area contributed by atoms with Crippen LogP contribution >= 0.6 is 27.5 Å². The van der Waals surface area contributed by atoms with E-state index in [0.717, 1.165) is 0 Å². The Balaban J connectivity index is 2.28. The molecule has 1 aromatic carbocycles. The zero-order valence-electron chi connectivity index (χ0n) is 8.95. The Hall–Kier alpha value is -1.46. The molecule has 0 saturated heterocycles. The molecule has 0 aliphatic rings. The summed E-state index contributed by atoms with van der Waals surface area (Å²) >= 11 is 8.97. The summed E-state index contributed by atoms with van der Waals surface area (Å²) < 4.78 is 13.9. The molecule has 0 saturated carbocycles. The second-order valence-corrected chi connectivity index (χ2v) is 4.62. The molecule has 0 aliphatic carbocycles. The number of pyridine rings is 1. The molecule has 0 fully saturated rings. The minimum Gasteiger partial charge on any atom is -0.306 e. The Morgan fingerprint density at radius 2 is 2.11 bits per heavy atom. The summed E-state index contributed by atoms with van der Waals surface area (Å²) in [4.78, 5) is 15.9. The van der Waals surface area contributed by atoms with E-state index in [4.69, 9.17) is 11.6 Å². The van der Waals surface area contributed by atoms with E-state index >= 15 is 0 Å². The Morgan fingerprint density at radius 3 is 2.83 bits per heavy atom. The van der Waals surface area contributed by atoms with Crippen LogP contribution in [0.2, 0.25) is 5.02 Å². The van der Waals surface area contributed by atoms with Gasteiger partial charge in [0.05, 0.1) is 15.1 Å². The molecule has 3 nitrogen and oxygen atoms in total. The van der Waals surface area contributed by atoms with E-state index in [-0.39, 0.29) is 10.6 Å². The molecule has 0 spiro atoms. The first-order chi connectivity index (χ1) is 8.59. The maximum atomic E-state index is 13.2. The number of hydrogen-bond donors (Lipinski definition) is 1. The lowest BCUT2D eigenvalue weighted by atomic mass is 10.2. The van der Waals surface area contributed by atoms with Gasteiger partial charge in [0.15, 0.2) is 0 Å². The number of benzene rings is 1. The highest BCUT2D eigenvalue weighted by Gasteiger charge is 2.14. The van der Waals surface area contributed by atoms with Crippen molar-refractivity contribution in [3.8, 4) is 0 Å². The van der Waals surface area contributed by atoms with E-state index in [9.17, 15) is 9.18 Å². The molecule has 0 atom stereocenters. The van der Waals surface area contributed by atoms with Crippen LogP contribution < -0.4 is 5.32 Å². The fraction of sp³-hybridized carbons (Fsp3) is 0. The maximum absolute atomic E-state index is 13.2. The Kier molecular flexibility index (Phi) is 3.93. The zero-order chi connectivity index (χ0) is 13.1. The van der Waals surface area contributed by atoms with Gasteiger partial charge in [-0.15, -0.1) is 0 Å². The summed E-state index contributed by atoms with van der Waals surface area (Å²) in [6.45, 7) is 0. The van der Waals surface area contributed by atoms with E-state index in [1.165, 1.54) is 24.4 Å². The molecule has 0 unspecified atom stereocenters. The number of halogens is 3. The lowest BCUT2D eigenvalue weighted by Gasteiger charge is -2.07. The van der Waals surface area contributed by atoms with Crippen LogP contribution in [0, 0.1) is 5.82 Å². The number of carbonyl (C=O) groups excluding carboxylic acids is 1. The van der Waals surface area contributed by atoms with Crippen molar-refractivity contribution in [2.75, 3.05) is 5.32 Å². The second-order valence-electron chi connectivity index (χ2n) is 3.39. The lowest BCUT2D eigenvalue weighted by Crippen LogP contribution is -2.14. The lowest BCUT2D eigenvalue weighted by molar-refractivity contribution is 0.102. The third kappa shape index (κ3) is 2.68. The monoisotopic (exact) mass is 328 g/mol. The SMILES string of the molecule is O=C(Nc1ncccc1Br)c1cccc(F)c1Cl. The minimum atomic E-state index is -0.635. The van der Waals surface area contributed by atoms with Crippen LogP contribution in [0.4, 0.5) is 10.2 Å². The van der Waals surface area contributed by atoms with Gasteiger partial charge in [-0.2, -0.15) is 0 Å². The van der Waals surface area contributed by atoms with Gasteiger partial charge in [-0.25, -0.2) is 9.37 Å². The van der Waals surface area contributed by atoms with Crippen LogP contribution in [0.15, 0.2) is 41.0 Å². The summed E-state index contributed by atoms with van der Waals surface area (Å²) in [5.41, 5.74) is 0.0641. The summed E-state index contributed by atoms with van der Waals surface area (Å²) in [6.07, 6.45) is 1.54.